The number of pyridine rings is 1. The third-order valence-electron chi connectivity index (χ3n) is 2.89. The molecule has 0 saturated carbocycles. The van der Waals surface area contributed by atoms with Gasteiger partial charge < -0.3 is 15.2 Å². The Balaban J connectivity index is 2.04. The van der Waals surface area contributed by atoms with Crippen LogP contribution < -0.4 is 10.7 Å². The molecule has 23 heavy (non-hydrogen) atoms. The molecule has 2 aromatic rings. The Labute approximate surface area is 134 Å². The van der Waals surface area contributed by atoms with Crippen molar-refractivity contribution in [1.29, 1.82) is 0 Å². The molecule has 7 nitrogen and oxygen atoms in total. The van der Waals surface area contributed by atoms with E-state index in [1.54, 1.807) is 31.5 Å². The van der Waals surface area contributed by atoms with Crippen molar-refractivity contribution >= 4 is 23.2 Å². The van der Waals surface area contributed by atoms with Crippen molar-refractivity contribution in [3.63, 3.8) is 0 Å². The van der Waals surface area contributed by atoms with Gasteiger partial charge in [0.2, 0.25) is 0 Å². The summed E-state index contributed by atoms with van der Waals surface area (Å²) in [7, 11) is 0. The zero-order valence-electron chi connectivity index (χ0n) is 12.7. The molecule has 0 spiro atoms. The zero-order valence-corrected chi connectivity index (χ0v) is 12.7. The predicted octanol–water partition coefficient (Wildman–Crippen LogP) is 2.27. The second-order valence-corrected chi connectivity index (χ2v) is 4.49. The molecule has 0 bridgehead atoms. The van der Waals surface area contributed by atoms with Gasteiger partial charge in [0, 0.05) is 29.3 Å². The van der Waals surface area contributed by atoms with E-state index in [2.05, 4.69) is 20.8 Å². The molecule has 3 N–H and O–H groups in total. The molecule has 1 aromatic heterocycles. The average molecular weight is 314 g/mol. The second-order valence-electron chi connectivity index (χ2n) is 4.49. The van der Waals surface area contributed by atoms with Crippen LogP contribution in [-0.4, -0.2) is 35.1 Å². The molecular weight excluding hydrogens is 296 g/mol. The third kappa shape index (κ3) is 5.08. The van der Waals surface area contributed by atoms with Crippen LogP contribution in [0.4, 0.5) is 16.2 Å². The maximum Gasteiger partial charge on any atom is 0.427 e. The molecule has 0 radical (unpaired) electrons. The lowest BCUT2D eigenvalue weighted by Crippen LogP contribution is -2.22. The minimum Gasteiger partial charge on any atom is -0.449 e. The van der Waals surface area contributed by atoms with E-state index in [0.29, 0.717) is 11.3 Å². The molecular formula is C16H18N4O3. The number of benzene rings is 1. The van der Waals surface area contributed by atoms with Crippen LogP contribution in [0.15, 0.2) is 53.9 Å². The number of hydrogen-bond donors (Lipinski definition) is 3. The lowest BCUT2D eigenvalue weighted by molar-refractivity contribution is 0.152. The van der Waals surface area contributed by atoms with Crippen molar-refractivity contribution in [3.05, 3.63) is 54.4 Å². The Kier molecular flexibility index (Phi) is 6.07. The van der Waals surface area contributed by atoms with Gasteiger partial charge in [-0.1, -0.05) is 12.1 Å². The number of hydrazone groups is 1. The van der Waals surface area contributed by atoms with Gasteiger partial charge >= 0.3 is 6.09 Å². The summed E-state index contributed by atoms with van der Waals surface area (Å²) in [5.74, 6) is 0. The highest BCUT2D eigenvalue weighted by Gasteiger charge is 2.05. The molecule has 0 saturated heterocycles. The van der Waals surface area contributed by atoms with Gasteiger partial charge in [0.05, 0.1) is 18.9 Å². The van der Waals surface area contributed by atoms with Gasteiger partial charge in [0.25, 0.3) is 0 Å². The van der Waals surface area contributed by atoms with Crippen LogP contribution >= 0.6 is 0 Å². The van der Waals surface area contributed by atoms with E-state index in [-0.39, 0.29) is 13.2 Å². The molecule has 0 aliphatic rings. The number of aromatic nitrogens is 1. The number of amides is 1. The van der Waals surface area contributed by atoms with E-state index in [4.69, 9.17) is 4.74 Å². The number of aliphatic hydroxyl groups is 1. The molecule has 1 amide bonds. The summed E-state index contributed by atoms with van der Waals surface area (Å²) in [5, 5.41) is 16.5. The van der Waals surface area contributed by atoms with E-state index in [1.165, 1.54) is 0 Å². The molecule has 2 rings (SSSR count). The van der Waals surface area contributed by atoms with Gasteiger partial charge in [-0.05, 0) is 31.2 Å². The number of rotatable bonds is 6. The Hall–Kier alpha value is -2.93. The number of anilines is 2. The first-order valence-electron chi connectivity index (χ1n) is 7.10. The van der Waals surface area contributed by atoms with Crippen molar-refractivity contribution < 1.29 is 14.6 Å². The van der Waals surface area contributed by atoms with Crippen LogP contribution in [0, 0.1) is 0 Å². The van der Waals surface area contributed by atoms with E-state index in [1.807, 2.05) is 24.3 Å². The molecule has 0 unspecified atom stereocenters. The molecule has 120 valence electrons. The Morgan fingerprint density at radius 1 is 1.17 bits per heavy atom. The monoisotopic (exact) mass is 314 g/mol. The maximum atomic E-state index is 11.2. The number of carbonyl (C=O) groups is 1. The first-order chi connectivity index (χ1) is 11.2. The van der Waals surface area contributed by atoms with Crippen LogP contribution in [0.2, 0.25) is 0 Å². The fourth-order valence-electron chi connectivity index (χ4n) is 1.82. The van der Waals surface area contributed by atoms with Crippen LogP contribution in [0.3, 0.4) is 0 Å². The van der Waals surface area contributed by atoms with Gasteiger partial charge in [-0.25, -0.2) is 10.2 Å². The Morgan fingerprint density at radius 2 is 1.83 bits per heavy atom. The standard InChI is InChI=1S/C16H18N4O3/c1-2-23-16(22)20-19-15(11-21)12-3-5-13(6-4-12)18-14-7-9-17-10-8-14/h3-10,21H,2,11H2,1H3,(H,17,18)(H,20,22). The highest BCUT2D eigenvalue weighted by atomic mass is 16.5. The fourth-order valence-corrected chi connectivity index (χ4v) is 1.82. The number of nitrogens with zero attached hydrogens (tertiary/aromatic N) is 2. The van der Waals surface area contributed by atoms with Gasteiger partial charge in [-0.15, -0.1) is 0 Å². The number of aliphatic hydroxyl groups excluding tert-OH is 1. The van der Waals surface area contributed by atoms with Crippen molar-refractivity contribution in [2.75, 3.05) is 18.5 Å². The summed E-state index contributed by atoms with van der Waals surface area (Å²) in [6, 6.07) is 11.0. The zero-order chi connectivity index (χ0) is 16.5. The largest absolute Gasteiger partial charge is 0.449 e. The number of ether oxygens (including phenoxy) is 1. The predicted molar refractivity (Wildman–Crippen MR) is 87.7 cm³/mol. The number of carbonyl (C=O) groups excluding carboxylic acids is 1. The Morgan fingerprint density at radius 3 is 2.43 bits per heavy atom. The van der Waals surface area contributed by atoms with Crippen molar-refractivity contribution in [3.8, 4) is 0 Å². The molecule has 0 aliphatic carbocycles. The average Bonchev–Trinajstić information content (AvgIpc) is 2.58. The quantitative estimate of drug-likeness (QED) is 0.561. The highest BCUT2D eigenvalue weighted by molar-refractivity contribution is 6.02. The summed E-state index contributed by atoms with van der Waals surface area (Å²) in [4.78, 5) is 15.2. The summed E-state index contributed by atoms with van der Waals surface area (Å²) >= 11 is 0. The third-order valence-corrected chi connectivity index (χ3v) is 2.89. The molecule has 0 atom stereocenters. The SMILES string of the molecule is CCOC(=O)NN=C(CO)c1ccc(Nc2ccncc2)cc1. The van der Waals surface area contributed by atoms with E-state index < -0.39 is 6.09 Å². The summed E-state index contributed by atoms with van der Waals surface area (Å²) in [6.45, 7) is 1.65. The highest BCUT2D eigenvalue weighted by Crippen LogP contribution is 2.16. The smallest absolute Gasteiger partial charge is 0.427 e. The molecule has 0 fully saturated rings. The van der Waals surface area contributed by atoms with Crippen LogP contribution in [-0.2, 0) is 4.74 Å². The van der Waals surface area contributed by atoms with Crippen LogP contribution in [0.5, 0.6) is 0 Å². The number of hydrogen-bond acceptors (Lipinski definition) is 6. The van der Waals surface area contributed by atoms with Crippen LogP contribution in [0.25, 0.3) is 0 Å². The Bertz CT molecular complexity index is 657. The van der Waals surface area contributed by atoms with Gasteiger partial charge in [-0.3, -0.25) is 4.98 Å². The lowest BCUT2D eigenvalue weighted by Gasteiger charge is -2.08. The minimum atomic E-state index is -0.658. The van der Waals surface area contributed by atoms with E-state index >= 15 is 0 Å². The minimum absolute atomic E-state index is 0.255. The molecule has 1 heterocycles. The first kappa shape index (κ1) is 16.4. The van der Waals surface area contributed by atoms with Crippen molar-refractivity contribution in [2.24, 2.45) is 5.10 Å². The van der Waals surface area contributed by atoms with Gasteiger partial charge in [-0.2, -0.15) is 5.10 Å². The fraction of sp³-hybridized carbons (Fsp3) is 0.188. The number of nitrogens with one attached hydrogen (secondary N) is 2. The van der Waals surface area contributed by atoms with Crippen molar-refractivity contribution in [2.45, 2.75) is 6.92 Å². The summed E-state index contributed by atoms with van der Waals surface area (Å²) in [6.07, 6.45) is 2.75. The second kappa shape index (κ2) is 8.50. The first-order valence-corrected chi connectivity index (χ1v) is 7.10. The van der Waals surface area contributed by atoms with Gasteiger partial charge in [0.15, 0.2) is 0 Å². The van der Waals surface area contributed by atoms with E-state index in [0.717, 1.165) is 11.4 Å². The summed E-state index contributed by atoms with van der Waals surface area (Å²) < 4.78 is 4.70. The summed E-state index contributed by atoms with van der Waals surface area (Å²) in [5.41, 5.74) is 5.08. The van der Waals surface area contributed by atoms with Crippen LogP contribution in [0.1, 0.15) is 12.5 Å². The maximum absolute atomic E-state index is 11.2. The molecule has 1 aromatic carbocycles. The lowest BCUT2D eigenvalue weighted by atomic mass is 10.1. The molecule has 7 heteroatoms. The van der Waals surface area contributed by atoms with E-state index in [9.17, 15) is 9.90 Å². The van der Waals surface area contributed by atoms with Crippen molar-refractivity contribution in [1.82, 2.24) is 10.4 Å². The normalized spacial score (nSPS) is 11.0. The molecule has 0 aliphatic heterocycles. The van der Waals surface area contributed by atoms with Gasteiger partial charge in [0.1, 0.15) is 0 Å². The topological polar surface area (TPSA) is 95.8 Å².